The lowest BCUT2D eigenvalue weighted by Gasteiger charge is -2.57. The van der Waals surface area contributed by atoms with Crippen molar-refractivity contribution in [1.29, 1.82) is 0 Å². The van der Waals surface area contributed by atoms with Gasteiger partial charge in [-0.3, -0.25) is 0 Å². The minimum Gasteiger partial charge on any atom is -0.543 e. The van der Waals surface area contributed by atoms with Crippen molar-refractivity contribution in [1.82, 2.24) is 0 Å². The number of allylic oxidation sites excluding steroid dienone is 1. The Labute approximate surface area is 225 Å². The molecule has 0 unspecified atom stereocenters. The van der Waals surface area contributed by atoms with Crippen molar-refractivity contribution in [2.75, 3.05) is 5.75 Å². The van der Waals surface area contributed by atoms with Gasteiger partial charge in [-0.05, 0) is 128 Å². The first kappa shape index (κ1) is 26.7. The van der Waals surface area contributed by atoms with Crippen molar-refractivity contribution in [2.45, 2.75) is 94.7 Å². The van der Waals surface area contributed by atoms with Gasteiger partial charge in [0.25, 0.3) is 0 Å². The first-order valence-electron chi connectivity index (χ1n) is 14.1. The lowest BCUT2D eigenvalue weighted by atomic mass is 9.48. The summed E-state index contributed by atoms with van der Waals surface area (Å²) in [6.45, 7) is 13.4. The average molecular weight is 537 g/mol. The highest BCUT2D eigenvalue weighted by molar-refractivity contribution is 7.91. The molecule has 0 heterocycles. The molecule has 0 aliphatic heterocycles. The van der Waals surface area contributed by atoms with E-state index in [-0.39, 0.29) is 16.2 Å². The topological polar surface area (TPSA) is 43.4 Å². The van der Waals surface area contributed by atoms with Gasteiger partial charge in [0.2, 0.25) is 8.32 Å². The van der Waals surface area contributed by atoms with E-state index in [1.54, 1.807) is 18.2 Å². The molecule has 3 nitrogen and oxygen atoms in total. The predicted octanol–water partition coefficient (Wildman–Crippen LogP) is 8.56. The van der Waals surface area contributed by atoms with Crippen LogP contribution in [0.2, 0.25) is 18.1 Å². The minimum absolute atomic E-state index is 0.0325. The summed E-state index contributed by atoms with van der Waals surface area (Å²) in [5, 5.41) is 0.125. The molecule has 37 heavy (non-hydrogen) atoms. The summed E-state index contributed by atoms with van der Waals surface area (Å²) in [5.74, 6) is 3.64. The zero-order valence-electron chi connectivity index (χ0n) is 23.5. The van der Waals surface area contributed by atoms with Gasteiger partial charge in [-0.15, -0.1) is 0 Å². The van der Waals surface area contributed by atoms with Crippen LogP contribution in [0.5, 0.6) is 5.75 Å². The summed E-state index contributed by atoms with van der Waals surface area (Å²) >= 11 is 0. The van der Waals surface area contributed by atoms with Crippen molar-refractivity contribution in [2.24, 2.45) is 17.8 Å². The predicted molar refractivity (Wildman–Crippen MR) is 156 cm³/mol. The summed E-state index contributed by atoms with van der Waals surface area (Å²) in [4.78, 5) is 0.390. The maximum absolute atomic E-state index is 12.9. The lowest BCUT2D eigenvalue weighted by molar-refractivity contribution is -0.00584. The fourth-order valence-corrected chi connectivity index (χ4v) is 9.53. The molecule has 4 aliphatic rings. The number of rotatable bonds is 7. The molecule has 0 N–H and O–H groups in total. The Kier molecular flexibility index (Phi) is 6.80. The van der Waals surface area contributed by atoms with Crippen LogP contribution in [-0.2, 0) is 15.3 Å². The summed E-state index contributed by atoms with van der Waals surface area (Å²) < 4.78 is 32.9. The van der Waals surface area contributed by atoms with Crippen LogP contribution >= 0.6 is 0 Å². The standard InChI is InChI=1S/C32H44O3SSi/c1-7-8-14-36(33,34)28-11-9-10-26(18-28)27-12-13-30(35-37(5,6)31(2,3)4)29(19-27)32-20-23-15-24(21-32)17-25(16-23)22-32/h7-13,18-19,23-25H,14-17,20-22H2,1-6H3. The van der Waals surface area contributed by atoms with E-state index >= 15 is 0 Å². The molecule has 6 rings (SSSR count). The van der Waals surface area contributed by atoms with Gasteiger partial charge < -0.3 is 4.43 Å². The highest BCUT2D eigenvalue weighted by atomic mass is 32.2. The number of benzene rings is 2. The third kappa shape index (κ3) is 5.10. The Morgan fingerprint density at radius 2 is 1.54 bits per heavy atom. The van der Waals surface area contributed by atoms with Crippen molar-refractivity contribution in [3.8, 4) is 16.9 Å². The summed E-state index contributed by atoms with van der Waals surface area (Å²) in [6.07, 6.45) is 11.5. The van der Waals surface area contributed by atoms with Gasteiger partial charge in [0.1, 0.15) is 5.75 Å². The van der Waals surface area contributed by atoms with Crippen LogP contribution in [0.1, 0.15) is 71.8 Å². The molecule has 0 radical (unpaired) electrons. The SMILES string of the molecule is CC=CCS(=O)(=O)c1cccc(-c2ccc(O[Si](C)(C)C(C)(C)C)c(C34CC5CC(CC(C5)C3)C4)c2)c1. The Morgan fingerprint density at radius 3 is 2.11 bits per heavy atom. The van der Waals surface area contributed by atoms with Gasteiger partial charge in [0, 0.05) is 0 Å². The van der Waals surface area contributed by atoms with E-state index in [1.165, 1.54) is 44.1 Å². The molecule has 4 bridgehead atoms. The van der Waals surface area contributed by atoms with Gasteiger partial charge in [0.15, 0.2) is 9.84 Å². The molecule has 200 valence electrons. The van der Waals surface area contributed by atoms with Crippen LogP contribution in [0.25, 0.3) is 11.1 Å². The summed E-state index contributed by atoms with van der Waals surface area (Å²) in [6, 6.07) is 14.2. The first-order chi connectivity index (χ1) is 17.3. The van der Waals surface area contributed by atoms with Crippen molar-refractivity contribution in [3.05, 3.63) is 60.2 Å². The Bertz CT molecular complexity index is 1260. The maximum atomic E-state index is 12.9. The molecule has 5 heteroatoms. The fourth-order valence-electron chi connectivity index (χ4n) is 7.27. The van der Waals surface area contributed by atoms with Crippen molar-refractivity contribution in [3.63, 3.8) is 0 Å². The second kappa shape index (κ2) is 9.41. The maximum Gasteiger partial charge on any atom is 0.250 e. The average Bonchev–Trinajstić information content (AvgIpc) is 2.81. The Morgan fingerprint density at radius 1 is 0.946 bits per heavy atom. The van der Waals surface area contributed by atoms with Crippen LogP contribution < -0.4 is 4.43 Å². The molecule has 2 aromatic rings. The summed E-state index contributed by atoms with van der Waals surface area (Å²) in [5.41, 5.74) is 3.64. The van der Waals surface area contributed by atoms with E-state index in [9.17, 15) is 8.42 Å². The van der Waals surface area contributed by atoms with Crippen LogP contribution in [0, 0.1) is 17.8 Å². The van der Waals surface area contributed by atoms with Crippen molar-refractivity contribution >= 4 is 18.2 Å². The van der Waals surface area contributed by atoms with E-state index in [2.05, 4.69) is 52.1 Å². The monoisotopic (exact) mass is 536 g/mol. The molecular weight excluding hydrogens is 493 g/mol. The zero-order valence-corrected chi connectivity index (χ0v) is 25.3. The van der Waals surface area contributed by atoms with Crippen LogP contribution in [0.3, 0.4) is 0 Å². The van der Waals surface area contributed by atoms with E-state index in [0.717, 1.165) is 34.6 Å². The van der Waals surface area contributed by atoms with E-state index in [4.69, 9.17) is 4.43 Å². The Hall–Kier alpha value is -1.85. The molecule has 4 saturated carbocycles. The quantitative estimate of drug-likeness (QED) is 0.263. The van der Waals surface area contributed by atoms with Gasteiger partial charge in [-0.1, -0.05) is 51.1 Å². The third-order valence-electron chi connectivity index (χ3n) is 9.84. The summed E-state index contributed by atoms with van der Waals surface area (Å²) in [7, 11) is -5.37. The third-order valence-corrected chi connectivity index (χ3v) is 15.8. The number of hydrogen-bond donors (Lipinski definition) is 0. The molecule has 4 fully saturated rings. The molecule has 0 amide bonds. The lowest BCUT2D eigenvalue weighted by Crippen LogP contribution is -2.49. The number of hydrogen-bond acceptors (Lipinski definition) is 3. The van der Waals surface area contributed by atoms with Crippen LogP contribution in [-0.4, -0.2) is 22.5 Å². The molecule has 4 aliphatic carbocycles. The molecule has 0 spiro atoms. The molecular formula is C32H44O3SSi. The number of sulfone groups is 1. The van der Waals surface area contributed by atoms with Crippen LogP contribution in [0.15, 0.2) is 59.5 Å². The molecule has 0 aromatic heterocycles. The highest BCUT2D eigenvalue weighted by Gasteiger charge is 2.53. The van der Waals surface area contributed by atoms with Gasteiger partial charge >= 0.3 is 0 Å². The Balaban J connectivity index is 1.60. The normalized spacial score (nSPS) is 27.7. The van der Waals surface area contributed by atoms with E-state index < -0.39 is 18.2 Å². The highest BCUT2D eigenvalue weighted by Crippen LogP contribution is 2.62. The first-order valence-corrected chi connectivity index (χ1v) is 18.7. The van der Waals surface area contributed by atoms with Crippen molar-refractivity contribution < 1.29 is 12.8 Å². The van der Waals surface area contributed by atoms with Crippen LogP contribution in [0.4, 0.5) is 0 Å². The molecule has 0 saturated heterocycles. The molecule has 0 atom stereocenters. The fraction of sp³-hybridized carbons (Fsp3) is 0.562. The second-order valence-corrected chi connectivity index (χ2v) is 20.4. The van der Waals surface area contributed by atoms with Gasteiger partial charge in [0.05, 0.1) is 10.6 Å². The smallest absolute Gasteiger partial charge is 0.250 e. The van der Waals surface area contributed by atoms with Gasteiger partial charge in [-0.25, -0.2) is 8.42 Å². The zero-order chi connectivity index (χ0) is 26.6. The van der Waals surface area contributed by atoms with Gasteiger partial charge in [-0.2, -0.15) is 0 Å². The minimum atomic E-state index is -3.35. The van der Waals surface area contributed by atoms with E-state index in [0.29, 0.717) is 4.90 Å². The largest absolute Gasteiger partial charge is 0.543 e. The second-order valence-electron chi connectivity index (χ2n) is 13.6. The van der Waals surface area contributed by atoms with E-state index in [1.807, 2.05) is 25.1 Å². The molecule has 2 aromatic carbocycles.